The van der Waals surface area contributed by atoms with Crippen LogP contribution in [0.3, 0.4) is 0 Å². The van der Waals surface area contributed by atoms with Gasteiger partial charge in [0.1, 0.15) is 5.01 Å². The van der Waals surface area contributed by atoms with E-state index in [0.29, 0.717) is 17.6 Å². The number of rotatable bonds is 6. The second-order valence-corrected chi connectivity index (χ2v) is 8.88. The first-order valence-electron chi connectivity index (χ1n) is 10.4. The fourth-order valence-electron chi connectivity index (χ4n) is 4.11. The first-order valence-corrected chi connectivity index (χ1v) is 11.2. The zero-order valence-electron chi connectivity index (χ0n) is 16.3. The molecule has 1 N–H and O–H groups in total. The normalized spacial score (nSPS) is 19.6. The van der Waals surface area contributed by atoms with E-state index in [2.05, 4.69) is 55.6 Å². The lowest BCUT2D eigenvalue weighted by atomic mass is 9.90. The van der Waals surface area contributed by atoms with E-state index in [1.165, 1.54) is 37.7 Å². The van der Waals surface area contributed by atoms with Gasteiger partial charge in [0.25, 0.3) is 0 Å². The molecule has 6 nitrogen and oxygen atoms in total. The summed E-state index contributed by atoms with van der Waals surface area (Å²) in [6.45, 7) is 5.24. The van der Waals surface area contributed by atoms with Gasteiger partial charge < -0.3 is 0 Å². The number of anilines is 1. The number of carbonyl (C=O) groups is 1. The third-order valence-electron chi connectivity index (χ3n) is 5.72. The number of hydrogen-bond acceptors (Lipinski definition) is 6. The summed E-state index contributed by atoms with van der Waals surface area (Å²) in [6, 6.07) is 10.6. The predicted octanol–water partition coefficient (Wildman–Crippen LogP) is 3.34. The molecule has 0 radical (unpaired) electrons. The maximum absolute atomic E-state index is 12.4. The minimum atomic E-state index is 0.0165. The molecule has 2 fully saturated rings. The number of carbonyl (C=O) groups excluding carboxylic acids is 1. The van der Waals surface area contributed by atoms with Gasteiger partial charge in [0, 0.05) is 38.6 Å². The molecule has 150 valence electrons. The highest BCUT2D eigenvalue weighted by atomic mass is 32.1. The van der Waals surface area contributed by atoms with Crippen LogP contribution in [0.4, 0.5) is 5.13 Å². The van der Waals surface area contributed by atoms with E-state index >= 15 is 0 Å². The van der Waals surface area contributed by atoms with Crippen LogP contribution in [0, 0.1) is 0 Å². The van der Waals surface area contributed by atoms with Crippen LogP contribution in [0.2, 0.25) is 0 Å². The van der Waals surface area contributed by atoms with Crippen molar-refractivity contribution in [3.05, 3.63) is 40.9 Å². The average Bonchev–Trinajstić information content (AvgIpc) is 3.19. The Morgan fingerprint density at radius 3 is 2.46 bits per heavy atom. The number of hydrogen-bond donors (Lipinski definition) is 1. The molecule has 1 amide bonds. The number of nitrogens with zero attached hydrogens (tertiary/aromatic N) is 4. The molecule has 1 aromatic heterocycles. The Labute approximate surface area is 171 Å². The Kier molecular flexibility index (Phi) is 6.67. The number of benzene rings is 1. The summed E-state index contributed by atoms with van der Waals surface area (Å²) < 4.78 is 0. The van der Waals surface area contributed by atoms with Gasteiger partial charge in [0.2, 0.25) is 11.0 Å². The maximum atomic E-state index is 12.4. The van der Waals surface area contributed by atoms with E-state index in [9.17, 15) is 4.79 Å². The molecular weight excluding hydrogens is 370 g/mol. The van der Waals surface area contributed by atoms with Gasteiger partial charge in [-0.3, -0.25) is 19.9 Å². The van der Waals surface area contributed by atoms with Crippen LogP contribution >= 0.6 is 11.3 Å². The van der Waals surface area contributed by atoms with Crippen LogP contribution in [-0.2, 0) is 11.3 Å². The quantitative estimate of drug-likeness (QED) is 0.807. The lowest BCUT2D eigenvalue weighted by Crippen LogP contribution is -2.48. The highest BCUT2D eigenvalue weighted by Crippen LogP contribution is 2.35. The van der Waals surface area contributed by atoms with Gasteiger partial charge in [-0.05, 0) is 18.4 Å². The van der Waals surface area contributed by atoms with Crippen molar-refractivity contribution in [1.29, 1.82) is 0 Å². The molecule has 7 heteroatoms. The van der Waals surface area contributed by atoms with Crippen molar-refractivity contribution in [1.82, 2.24) is 20.0 Å². The molecule has 0 atom stereocenters. The summed E-state index contributed by atoms with van der Waals surface area (Å²) in [7, 11) is 0. The van der Waals surface area contributed by atoms with E-state index in [1.807, 2.05) is 0 Å². The second kappa shape index (κ2) is 9.58. The minimum Gasteiger partial charge on any atom is -0.299 e. The van der Waals surface area contributed by atoms with Crippen molar-refractivity contribution in [3.63, 3.8) is 0 Å². The number of nitrogens with one attached hydrogen (secondary N) is 1. The van der Waals surface area contributed by atoms with Gasteiger partial charge >= 0.3 is 0 Å². The van der Waals surface area contributed by atoms with Gasteiger partial charge in [0.15, 0.2) is 0 Å². The van der Waals surface area contributed by atoms with E-state index in [4.69, 9.17) is 0 Å². The summed E-state index contributed by atoms with van der Waals surface area (Å²) in [6.07, 6.45) is 6.30. The molecule has 28 heavy (non-hydrogen) atoms. The van der Waals surface area contributed by atoms with E-state index in [-0.39, 0.29) is 5.91 Å². The van der Waals surface area contributed by atoms with Crippen LogP contribution in [0.15, 0.2) is 30.3 Å². The molecule has 0 spiro atoms. The molecular formula is C21H29N5OS. The van der Waals surface area contributed by atoms with Crippen LogP contribution < -0.4 is 5.32 Å². The zero-order chi connectivity index (χ0) is 19.2. The summed E-state index contributed by atoms with van der Waals surface area (Å²) in [5.41, 5.74) is 1.35. The molecule has 1 saturated carbocycles. The van der Waals surface area contributed by atoms with Gasteiger partial charge in [-0.2, -0.15) is 0 Å². The Hall–Kier alpha value is -1.83. The molecule has 1 aliphatic carbocycles. The Balaban J connectivity index is 1.20. The topological polar surface area (TPSA) is 61.4 Å². The summed E-state index contributed by atoms with van der Waals surface area (Å²) in [5, 5.41) is 13.2. The summed E-state index contributed by atoms with van der Waals surface area (Å²) in [5.74, 6) is 0.553. The van der Waals surface area contributed by atoms with Gasteiger partial charge in [-0.15, -0.1) is 10.2 Å². The maximum Gasteiger partial charge on any atom is 0.240 e. The minimum absolute atomic E-state index is 0.0165. The highest BCUT2D eigenvalue weighted by molar-refractivity contribution is 7.15. The lowest BCUT2D eigenvalue weighted by molar-refractivity contribution is -0.117. The van der Waals surface area contributed by atoms with Crippen LogP contribution in [-0.4, -0.2) is 58.6 Å². The molecule has 2 aromatic rings. The van der Waals surface area contributed by atoms with E-state index in [0.717, 1.165) is 37.7 Å². The molecule has 0 bridgehead atoms. The highest BCUT2D eigenvalue weighted by Gasteiger charge is 2.22. The second-order valence-electron chi connectivity index (χ2n) is 7.87. The molecule has 1 aromatic carbocycles. The van der Waals surface area contributed by atoms with Crippen molar-refractivity contribution in [2.75, 3.05) is 38.0 Å². The fourth-order valence-corrected chi connectivity index (χ4v) is 5.04. The monoisotopic (exact) mass is 399 g/mol. The van der Waals surface area contributed by atoms with Crippen molar-refractivity contribution in [2.45, 2.75) is 44.6 Å². The summed E-state index contributed by atoms with van der Waals surface area (Å²) >= 11 is 1.55. The lowest BCUT2D eigenvalue weighted by Gasteiger charge is -2.34. The number of aromatic nitrogens is 2. The summed E-state index contributed by atoms with van der Waals surface area (Å²) in [4.78, 5) is 17.1. The third kappa shape index (κ3) is 5.37. The molecule has 1 saturated heterocycles. The molecule has 2 aliphatic rings. The standard InChI is InChI=1S/C21H29N5OS/c27-19(22-21-24-23-20(28-21)18-9-5-2-6-10-18)16-26-13-11-25(12-14-26)15-17-7-3-1-4-8-17/h1,3-4,7-8,18H,2,5-6,9-16H2,(H,22,24,27). The third-order valence-corrected chi connectivity index (χ3v) is 6.72. The molecule has 2 heterocycles. The molecule has 0 unspecified atom stereocenters. The van der Waals surface area contributed by atoms with E-state index in [1.54, 1.807) is 11.3 Å². The largest absolute Gasteiger partial charge is 0.299 e. The SMILES string of the molecule is O=C(CN1CCN(Cc2ccccc2)CC1)Nc1nnc(C2CCCCC2)s1. The zero-order valence-corrected chi connectivity index (χ0v) is 17.2. The predicted molar refractivity (Wildman–Crippen MR) is 113 cm³/mol. The Bertz CT molecular complexity index is 751. The van der Waals surface area contributed by atoms with E-state index < -0.39 is 0 Å². The Morgan fingerprint density at radius 2 is 1.71 bits per heavy atom. The average molecular weight is 400 g/mol. The fraction of sp³-hybridized carbons (Fsp3) is 0.571. The smallest absolute Gasteiger partial charge is 0.240 e. The number of amides is 1. The van der Waals surface area contributed by atoms with Crippen molar-refractivity contribution in [2.24, 2.45) is 0 Å². The molecule has 1 aliphatic heterocycles. The van der Waals surface area contributed by atoms with Crippen LogP contribution in [0.25, 0.3) is 0 Å². The van der Waals surface area contributed by atoms with Gasteiger partial charge in [-0.1, -0.05) is 60.9 Å². The Morgan fingerprint density at radius 1 is 1.00 bits per heavy atom. The molecule has 4 rings (SSSR count). The van der Waals surface area contributed by atoms with Gasteiger partial charge in [0.05, 0.1) is 6.54 Å². The van der Waals surface area contributed by atoms with Gasteiger partial charge in [-0.25, -0.2) is 0 Å². The first-order chi connectivity index (χ1) is 13.8. The van der Waals surface area contributed by atoms with Crippen LogP contribution in [0.5, 0.6) is 0 Å². The first kappa shape index (κ1) is 19.5. The van der Waals surface area contributed by atoms with Crippen LogP contribution in [0.1, 0.15) is 48.6 Å². The van der Waals surface area contributed by atoms with Crippen molar-refractivity contribution in [3.8, 4) is 0 Å². The number of piperazine rings is 1. The van der Waals surface area contributed by atoms with Crippen molar-refractivity contribution >= 4 is 22.4 Å². The van der Waals surface area contributed by atoms with Crippen molar-refractivity contribution < 1.29 is 4.79 Å².